The van der Waals surface area contributed by atoms with Crippen molar-refractivity contribution >= 4 is 34.4 Å². The summed E-state index contributed by atoms with van der Waals surface area (Å²) in [6.07, 6.45) is 0. The molecule has 0 N–H and O–H groups in total. The molecule has 0 radical (unpaired) electrons. The minimum Gasteiger partial charge on any atom is -0.269 e. The Balaban J connectivity index is 1.71. The van der Waals surface area contributed by atoms with Crippen molar-refractivity contribution in [2.75, 3.05) is 0 Å². The molecule has 1 atom stereocenters. The molecule has 0 spiro atoms. The lowest BCUT2D eigenvalue weighted by molar-refractivity contribution is 0.0592. The highest BCUT2D eigenvalue weighted by Gasteiger charge is 2.40. The van der Waals surface area contributed by atoms with E-state index in [0.717, 1.165) is 0 Å². The van der Waals surface area contributed by atoms with E-state index in [2.05, 4.69) is 0 Å². The lowest BCUT2D eigenvalue weighted by Crippen LogP contribution is -2.33. The first-order valence-corrected chi connectivity index (χ1v) is 9.92. The molecule has 6 heteroatoms. The highest BCUT2D eigenvalue weighted by molar-refractivity contribution is 6.33. The van der Waals surface area contributed by atoms with Crippen LogP contribution in [0, 0.1) is 0 Å². The normalized spacial score (nSPS) is 14.3. The molecule has 4 aromatic rings. The predicted molar refractivity (Wildman–Crippen MR) is 115 cm³/mol. The number of carbonyl (C=O) groups excluding carboxylic acids is 2. The van der Waals surface area contributed by atoms with E-state index in [0.29, 0.717) is 44.1 Å². The van der Waals surface area contributed by atoms with Crippen LogP contribution in [0.25, 0.3) is 22.3 Å². The fourth-order valence-electron chi connectivity index (χ4n) is 3.84. The zero-order valence-corrected chi connectivity index (χ0v) is 16.8. The van der Waals surface area contributed by atoms with Gasteiger partial charge in [0.15, 0.2) is 0 Å². The maximum Gasteiger partial charge on any atom is 0.262 e. The van der Waals surface area contributed by atoms with Crippen LogP contribution in [0.2, 0.25) is 5.02 Å². The van der Waals surface area contributed by atoms with Gasteiger partial charge in [0.05, 0.1) is 44.6 Å². The van der Waals surface area contributed by atoms with Crippen LogP contribution in [0.4, 0.5) is 0 Å². The predicted octanol–water partition coefficient (Wildman–Crippen LogP) is 5.31. The molecule has 0 aliphatic carbocycles. The monoisotopic (exact) mass is 413 g/mol. The second-order valence-corrected chi connectivity index (χ2v) is 7.54. The first kappa shape index (κ1) is 18.5. The molecule has 5 nitrogen and oxygen atoms in total. The molecule has 1 unspecified atom stereocenters. The zero-order valence-electron chi connectivity index (χ0n) is 16.0. The molecule has 1 aliphatic rings. The van der Waals surface area contributed by atoms with Crippen LogP contribution in [-0.4, -0.2) is 26.7 Å². The van der Waals surface area contributed by atoms with Gasteiger partial charge in [0.1, 0.15) is 0 Å². The van der Waals surface area contributed by atoms with E-state index in [1.54, 1.807) is 37.3 Å². The summed E-state index contributed by atoms with van der Waals surface area (Å²) in [6.45, 7) is 1.79. The van der Waals surface area contributed by atoms with Crippen LogP contribution in [0.3, 0.4) is 0 Å². The maximum atomic E-state index is 13.0. The van der Waals surface area contributed by atoms with Crippen molar-refractivity contribution < 1.29 is 9.59 Å². The Morgan fingerprint density at radius 1 is 0.733 bits per heavy atom. The van der Waals surface area contributed by atoms with Gasteiger partial charge in [-0.25, -0.2) is 9.97 Å². The number of amides is 2. The van der Waals surface area contributed by atoms with E-state index < -0.39 is 6.04 Å². The number of fused-ring (bicyclic) bond motifs is 2. The summed E-state index contributed by atoms with van der Waals surface area (Å²) in [7, 11) is 0. The van der Waals surface area contributed by atoms with Gasteiger partial charge < -0.3 is 0 Å². The van der Waals surface area contributed by atoms with Gasteiger partial charge >= 0.3 is 0 Å². The molecular weight excluding hydrogens is 398 g/mol. The molecule has 0 bridgehead atoms. The van der Waals surface area contributed by atoms with Gasteiger partial charge in [0, 0.05) is 5.56 Å². The Morgan fingerprint density at radius 2 is 1.23 bits per heavy atom. The number of carbonyl (C=O) groups is 2. The summed E-state index contributed by atoms with van der Waals surface area (Å²) in [5, 5.41) is 0.526. The Hall–Kier alpha value is -3.57. The van der Waals surface area contributed by atoms with Crippen LogP contribution in [-0.2, 0) is 0 Å². The van der Waals surface area contributed by atoms with Crippen molar-refractivity contribution in [2.45, 2.75) is 13.0 Å². The fraction of sp³-hybridized carbons (Fsp3) is 0.0833. The van der Waals surface area contributed by atoms with Gasteiger partial charge in [0.25, 0.3) is 11.8 Å². The average Bonchev–Trinajstić information content (AvgIpc) is 3.03. The van der Waals surface area contributed by atoms with Gasteiger partial charge in [-0.2, -0.15) is 0 Å². The Morgan fingerprint density at radius 3 is 1.83 bits per heavy atom. The van der Waals surface area contributed by atoms with Gasteiger partial charge in [-0.3, -0.25) is 14.5 Å². The number of hydrogen-bond acceptors (Lipinski definition) is 4. The molecule has 1 aliphatic heterocycles. The highest BCUT2D eigenvalue weighted by atomic mass is 35.5. The molecule has 1 aromatic heterocycles. The van der Waals surface area contributed by atoms with Crippen molar-refractivity contribution in [1.29, 1.82) is 0 Å². The van der Waals surface area contributed by atoms with Crippen molar-refractivity contribution in [2.24, 2.45) is 0 Å². The number of nitrogens with zero attached hydrogens (tertiary/aromatic N) is 3. The SMILES string of the molecule is CC(c1nc2ccccc2nc1-c1ccccc1Cl)N1C(=O)c2ccccc2C1=O. The molecule has 0 fully saturated rings. The summed E-state index contributed by atoms with van der Waals surface area (Å²) in [4.78, 5) is 36.9. The van der Waals surface area contributed by atoms with E-state index in [1.165, 1.54) is 4.90 Å². The van der Waals surface area contributed by atoms with Crippen LogP contribution < -0.4 is 0 Å². The van der Waals surface area contributed by atoms with Crippen molar-refractivity contribution in [3.8, 4) is 11.3 Å². The van der Waals surface area contributed by atoms with Crippen LogP contribution in [0.1, 0.15) is 39.4 Å². The number of hydrogen-bond donors (Lipinski definition) is 0. The number of imide groups is 1. The van der Waals surface area contributed by atoms with Crippen LogP contribution >= 0.6 is 11.6 Å². The van der Waals surface area contributed by atoms with E-state index >= 15 is 0 Å². The Labute approximate surface area is 178 Å². The standard InChI is InChI=1S/C24H16ClN3O2/c1-14(28-23(29)15-8-2-3-9-16(15)24(28)30)21-22(17-10-4-5-11-18(17)25)27-20-13-7-6-12-19(20)26-21/h2-14H,1H3. The van der Waals surface area contributed by atoms with Crippen molar-refractivity contribution in [3.63, 3.8) is 0 Å². The number of halogens is 1. The summed E-state index contributed by atoms with van der Waals surface area (Å²) < 4.78 is 0. The summed E-state index contributed by atoms with van der Waals surface area (Å²) in [6, 6.07) is 21.1. The van der Waals surface area contributed by atoms with Gasteiger partial charge in [-0.15, -0.1) is 0 Å². The topological polar surface area (TPSA) is 63.2 Å². The third-order valence-electron chi connectivity index (χ3n) is 5.33. The van der Waals surface area contributed by atoms with Crippen molar-refractivity contribution in [3.05, 3.63) is 94.6 Å². The number of para-hydroxylation sites is 2. The molecule has 0 saturated carbocycles. The smallest absolute Gasteiger partial charge is 0.262 e. The molecule has 2 heterocycles. The van der Waals surface area contributed by atoms with E-state index in [1.807, 2.05) is 42.5 Å². The largest absolute Gasteiger partial charge is 0.269 e. The Kier molecular flexibility index (Phi) is 4.33. The number of rotatable bonds is 3. The number of aromatic nitrogens is 2. The van der Waals surface area contributed by atoms with Gasteiger partial charge in [0.2, 0.25) is 0 Å². The first-order chi connectivity index (χ1) is 14.6. The Bertz CT molecular complexity index is 1300. The average molecular weight is 414 g/mol. The quantitative estimate of drug-likeness (QED) is 0.427. The number of benzene rings is 3. The third-order valence-corrected chi connectivity index (χ3v) is 5.66. The minimum absolute atomic E-state index is 0.330. The van der Waals surface area contributed by atoms with E-state index in [9.17, 15) is 9.59 Å². The first-order valence-electron chi connectivity index (χ1n) is 9.55. The second kappa shape index (κ2) is 7.04. The maximum absolute atomic E-state index is 13.0. The summed E-state index contributed by atoms with van der Waals surface area (Å²) in [5.41, 5.74) is 4.00. The molecular formula is C24H16ClN3O2. The fourth-order valence-corrected chi connectivity index (χ4v) is 4.06. The molecule has 2 amide bonds. The van der Waals surface area contributed by atoms with Crippen LogP contribution in [0.15, 0.2) is 72.8 Å². The summed E-state index contributed by atoms with van der Waals surface area (Å²) in [5.74, 6) is -0.661. The molecule has 0 saturated heterocycles. The molecule has 5 rings (SSSR count). The third kappa shape index (κ3) is 2.78. The molecule has 146 valence electrons. The van der Waals surface area contributed by atoms with Gasteiger partial charge in [-0.05, 0) is 37.3 Å². The zero-order chi connectivity index (χ0) is 20.8. The highest BCUT2D eigenvalue weighted by Crippen LogP contribution is 2.37. The molecule has 3 aromatic carbocycles. The lowest BCUT2D eigenvalue weighted by Gasteiger charge is -2.24. The van der Waals surface area contributed by atoms with E-state index in [-0.39, 0.29) is 11.8 Å². The summed E-state index contributed by atoms with van der Waals surface area (Å²) >= 11 is 6.46. The second-order valence-electron chi connectivity index (χ2n) is 7.13. The van der Waals surface area contributed by atoms with Crippen molar-refractivity contribution in [1.82, 2.24) is 14.9 Å². The van der Waals surface area contributed by atoms with Gasteiger partial charge in [-0.1, -0.05) is 54.1 Å². The molecule has 30 heavy (non-hydrogen) atoms. The minimum atomic E-state index is -0.624. The lowest BCUT2D eigenvalue weighted by atomic mass is 10.0. The van der Waals surface area contributed by atoms with Crippen LogP contribution in [0.5, 0.6) is 0 Å². The van der Waals surface area contributed by atoms with E-state index in [4.69, 9.17) is 21.6 Å².